The van der Waals surface area contributed by atoms with E-state index in [1.807, 2.05) is 0 Å². The van der Waals surface area contributed by atoms with Gasteiger partial charge < -0.3 is 49.7 Å². The molecule has 6 N–H and O–H groups in total. The molecule has 2 aliphatic heterocycles. The van der Waals surface area contributed by atoms with Gasteiger partial charge in [0.2, 0.25) is 5.91 Å². The molecule has 12 nitrogen and oxygen atoms in total. The Balaban J connectivity index is 2.55. The molecule has 2 saturated heterocycles. The van der Waals surface area contributed by atoms with E-state index in [0.717, 1.165) is 0 Å². The molecule has 0 bridgehead atoms. The van der Waals surface area contributed by atoms with E-state index >= 15 is 0 Å². The average Bonchev–Trinajstić information content (AvgIpc) is 2.91. The first-order valence-corrected chi connectivity index (χ1v) is 15.1. The van der Waals surface area contributed by atoms with Crippen molar-refractivity contribution in [1.82, 2.24) is 4.90 Å². The Morgan fingerprint density at radius 3 is 2.10 bits per heavy atom. The van der Waals surface area contributed by atoms with Crippen molar-refractivity contribution in [3.05, 3.63) is 0 Å². The number of carbonyl (C=O) groups excluding carboxylic acids is 2. The summed E-state index contributed by atoms with van der Waals surface area (Å²) < 4.78 is 17.8. The Labute approximate surface area is 249 Å². The van der Waals surface area contributed by atoms with E-state index in [1.54, 1.807) is 41.7 Å². The van der Waals surface area contributed by atoms with Gasteiger partial charge in [-0.25, -0.2) is 0 Å². The van der Waals surface area contributed by atoms with Crippen molar-refractivity contribution in [3.8, 4) is 0 Å². The van der Waals surface area contributed by atoms with Gasteiger partial charge in [-0.1, -0.05) is 27.7 Å². The van der Waals surface area contributed by atoms with Gasteiger partial charge in [-0.05, 0) is 52.9 Å². The number of cyclic esters (lactones) is 1. The lowest BCUT2D eigenvalue weighted by molar-refractivity contribution is -0.299. The number of amides is 1. The number of esters is 1. The summed E-state index contributed by atoms with van der Waals surface area (Å²) in [4.78, 5) is 26.7. The molecule has 0 saturated carbocycles. The monoisotopic (exact) mass is 605 g/mol. The second-order valence-electron chi connectivity index (χ2n) is 13.3. The van der Waals surface area contributed by atoms with E-state index in [9.17, 15) is 40.2 Å². The van der Waals surface area contributed by atoms with Gasteiger partial charge in [0.15, 0.2) is 6.29 Å². The number of aliphatic hydroxyl groups excluding tert-OH is 4. The van der Waals surface area contributed by atoms with Crippen molar-refractivity contribution >= 4 is 11.9 Å². The van der Waals surface area contributed by atoms with Gasteiger partial charge in [-0.15, -0.1) is 0 Å². The number of hydrogen-bond donors (Lipinski definition) is 6. The molecule has 0 aromatic heterocycles. The fourth-order valence-electron chi connectivity index (χ4n) is 6.69. The summed E-state index contributed by atoms with van der Waals surface area (Å²) in [5.41, 5.74) is -3.66. The second-order valence-corrected chi connectivity index (χ2v) is 13.3. The van der Waals surface area contributed by atoms with E-state index in [0.29, 0.717) is 6.42 Å². The summed E-state index contributed by atoms with van der Waals surface area (Å²) in [6, 6.07) is -0.629. The molecule has 0 radical (unpaired) electrons. The fraction of sp³-hybridized carbons (Fsp3) is 0.933. The van der Waals surface area contributed by atoms with Crippen molar-refractivity contribution in [1.29, 1.82) is 0 Å². The molecule has 0 aliphatic carbocycles. The van der Waals surface area contributed by atoms with Crippen LogP contribution in [0.1, 0.15) is 81.6 Å². The van der Waals surface area contributed by atoms with Crippen LogP contribution in [0.2, 0.25) is 0 Å². The molecule has 0 unspecified atom stereocenters. The van der Waals surface area contributed by atoms with Crippen molar-refractivity contribution < 1.29 is 54.4 Å². The van der Waals surface area contributed by atoms with E-state index in [4.69, 9.17) is 14.2 Å². The van der Waals surface area contributed by atoms with Crippen LogP contribution < -0.4 is 0 Å². The Hall–Kier alpha value is -1.38. The zero-order chi connectivity index (χ0) is 32.5. The normalized spacial score (nSPS) is 48.2. The van der Waals surface area contributed by atoms with Gasteiger partial charge in [0.25, 0.3) is 0 Å². The van der Waals surface area contributed by atoms with Crippen LogP contribution in [0.5, 0.6) is 0 Å². The lowest BCUT2D eigenvalue weighted by atomic mass is 9.73. The largest absolute Gasteiger partial charge is 0.459 e. The molecular formula is C30H55NO11. The number of rotatable bonds is 4. The van der Waals surface area contributed by atoms with Gasteiger partial charge in [0.05, 0.1) is 48.1 Å². The predicted molar refractivity (Wildman–Crippen MR) is 153 cm³/mol. The summed E-state index contributed by atoms with van der Waals surface area (Å²) in [5, 5.41) is 68.0. The third-order valence-electron chi connectivity index (χ3n) is 9.64. The van der Waals surface area contributed by atoms with Crippen molar-refractivity contribution in [2.75, 3.05) is 7.05 Å². The highest BCUT2D eigenvalue weighted by Gasteiger charge is 2.51. The van der Waals surface area contributed by atoms with Gasteiger partial charge >= 0.3 is 5.97 Å². The number of likely N-dealkylation sites (N-methyl/N-ethyl adjacent to an activating group) is 1. The van der Waals surface area contributed by atoms with E-state index in [-0.39, 0.29) is 18.7 Å². The van der Waals surface area contributed by atoms with Crippen LogP contribution in [0.25, 0.3) is 0 Å². The van der Waals surface area contributed by atoms with Crippen LogP contribution in [0.4, 0.5) is 0 Å². The summed E-state index contributed by atoms with van der Waals surface area (Å²) in [5.74, 6) is -4.64. The molecule has 2 fully saturated rings. The molecule has 0 spiro atoms. The highest BCUT2D eigenvalue weighted by Crippen LogP contribution is 2.38. The van der Waals surface area contributed by atoms with Crippen LogP contribution in [0.15, 0.2) is 0 Å². The van der Waals surface area contributed by atoms with Crippen molar-refractivity contribution in [2.45, 2.75) is 148 Å². The maximum atomic E-state index is 13.2. The van der Waals surface area contributed by atoms with Gasteiger partial charge in [0.1, 0.15) is 17.8 Å². The Kier molecular flexibility index (Phi) is 12.4. The molecule has 2 rings (SSSR count). The molecule has 246 valence electrons. The molecule has 12 heteroatoms. The Bertz CT molecular complexity index is 914. The Morgan fingerprint density at radius 2 is 1.57 bits per heavy atom. The van der Waals surface area contributed by atoms with E-state index in [1.165, 1.54) is 32.6 Å². The van der Waals surface area contributed by atoms with Gasteiger partial charge in [-0.3, -0.25) is 9.59 Å². The van der Waals surface area contributed by atoms with Crippen LogP contribution in [0, 0.1) is 23.7 Å². The minimum Gasteiger partial charge on any atom is -0.459 e. The molecule has 0 aromatic rings. The number of hydrogen-bond acceptors (Lipinski definition) is 11. The summed E-state index contributed by atoms with van der Waals surface area (Å²) in [7, 11) is 1.57. The summed E-state index contributed by atoms with van der Waals surface area (Å²) >= 11 is 0. The predicted octanol–water partition coefficient (Wildman–Crippen LogP) is 0.569. The van der Waals surface area contributed by atoms with Crippen LogP contribution in [-0.2, 0) is 23.8 Å². The first-order chi connectivity index (χ1) is 19.2. The molecule has 2 aliphatic rings. The first kappa shape index (κ1) is 36.8. The summed E-state index contributed by atoms with van der Waals surface area (Å²) in [6.07, 6.45) is -8.97. The topological polar surface area (TPSA) is 186 Å². The standard InChI is InChI=1S/C30H55NO11/c1-11-21-30(9,39)25(36)16(4)22(33)14(2)13-29(8,38)26(17(5)23(34)18(6)27(37)41-21)42-28-24(35)20(12-15(3)40-28)31(10)19(7)32/h14-18,20-26,28,33-36,38-39H,11-13H2,1-10H3/t14-,15-,16+,17+,18-,20+,21-,22+,23+,24-,25-,26-,28+,29+,30-/m1/s1. The first-order valence-electron chi connectivity index (χ1n) is 15.1. The molecule has 15 atom stereocenters. The summed E-state index contributed by atoms with van der Waals surface area (Å²) in [6.45, 7) is 14.0. The molecule has 1 amide bonds. The third kappa shape index (κ3) is 7.82. The quantitative estimate of drug-likeness (QED) is 0.246. The lowest BCUT2D eigenvalue weighted by Gasteiger charge is -2.47. The molecule has 42 heavy (non-hydrogen) atoms. The SMILES string of the molecule is CC[C@H]1OC(=O)[C@H](C)[C@@H](O)[C@H](C)[C@@H](O[C@@H]2O[C@H](C)C[C@H](N(C)C(C)=O)[C@H]2O)[C@@](C)(O)C[C@@H](C)[C@H](O)[C@H](C)[C@@H](O)[C@]1(C)O. The number of aliphatic hydroxyl groups is 6. The lowest BCUT2D eigenvalue weighted by Crippen LogP contribution is -2.60. The van der Waals surface area contributed by atoms with Crippen molar-refractivity contribution in [2.24, 2.45) is 23.7 Å². The highest BCUT2D eigenvalue weighted by atomic mass is 16.7. The average molecular weight is 606 g/mol. The van der Waals surface area contributed by atoms with Gasteiger partial charge in [-0.2, -0.15) is 0 Å². The number of carbonyl (C=O) groups is 2. The minimum absolute atomic E-state index is 0.0692. The zero-order valence-electron chi connectivity index (χ0n) is 26.8. The van der Waals surface area contributed by atoms with E-state index in [2.05, 4.69) is 0 Å². The van der Waals surface area contributed by atoms with Crippen molar-refractivity contribution in [3.63, 3.8) is 0 Å². The maximum Gasteiger partial charge on any atom is 0.311 e. The molecule has 0 aromatic carbocycles. The van der Waals surface area contributed by atoms with Crippen LogP contribution in [-0.4, -0.2) is 121 Å². The van der Waals surface area contributed by atoms with Crippen LogP contribution >= 0.6 is 0 Å². The number of nitrogens with zero attached hydrogens (tertiary/aromatic N) is 1. The number of ether oxygens (including phenoxy) is 3. The Morgan fingerprint density at radius 1 is 1.00 bits per heavy atom. The molecule has 2 heterocycles. The third-order valence-corrected chi connectivity index (χ3v) is 9.64. The highest BCUT2D eigenvalue weighted by molar-refractivity contribution is 5.73. The molecular weight excluding hydrogens is 550 g/mol. The maximum absolute atomic E-state index is 13.2. The van der Waals surface area contributed by atoms with Crippen LogP contribution in [0.3, 0.4) is 0 Å². The smallest absolute Gasteiger partial charge is 0.311 e. The fourth-order valence-corrected chi connectivity index (χ4v) is 6.69. The second kappa shape index (κ2) is 14.2. The van der Waals surface area contributed by atoms with E-state index < -0.39 is 95.9 Å². The minimum atomic E-state index is -1.91. The zero-order valence-corrected chi connectivity index (χ0v) is 26.8. The van der Waals surface area contributed by atoms with Gasteiger partial charge in [0, 0.05) is 25.8 Å².